The van der Waals surface area contributed by atoms with Gasteiger partial charge in [-0.3, -0.25) is 10.1 Å². The van der Waals surface area contributed by atoms with Crippen molar-refractivity contribution in [2.24, 2.45) is 0 Å². The van der Waals surface area contributed by atoms with Crippen LogP contribution in [-0.2, 0) is 4.79 Å². The zero-order valence-electron chi connectivity index (χ0n) is 8.61. The predicted octanol–water partition coefficient (Wildman–Crippen LogP) is 1.04. The molecule has 2 rings (SSSR count). The van der Waals surface area contributed by atoms with Crippen LogP contribution in [0.25, 0.3) is 6.08 Å². The molecule has 1 saturated heterocycles. The van der Waals surface area contributed by atoms with Gasteiger partial charge in [0.05, 0.1) is 7.11 Å². The lowest BCUT2D eigenvalue weighted by Gasteiger charge is -2.01. The monoisotopic (exact) mass is 234 g/mol. The third-order valence-electron chi connectivity index (χ3n) is 2.12. The molecule has 1 amide bonds. The lowest BCUT2D eigenvalue weighted by Crippen LogP contribution is -2.21. The summed E-state index contributed by atoms with van der Waals surface area (Å²) in [7, 11) is 1.60. The number of rotatable bonds is 2. The molecule has 4 nitrogen and oxygen atoms in total. The standard InChI is InChI=1S/C11H10N2O2S/c1-15-8-4-2-3-7(5-8)6-9-10(14)13-11(16)12-9/h2-6H,1H3,(H2,12,13,14,16)/b9-6-. The molecule has 2 N–H and O–H groups in total. The van der Waals surface area contributed by atoms with Crippen LogP contribution in [0.4, 0.5) is 0 Å². The Balaban J connectivity index is 2.28. The molecule has 1 aromatic rings. The van der Waals surface area contributed by atoms with E-state index in [1.165, 1.54) is 0 Å². The van der Waals surface area contributed by atoms with E-state index in [1.807, 2.05) is 24.3 Å². The second-order valence-corrected chi connectivity index (χ2v) is 3.65. The first-order chi connectivity index (χ1) is 7.69. The first-order valence-corrected chi connectivity index (χ1v) is 5.08. The summed E-state index contributed by atoms with van der Waals surface area (Å²) in [6.45, 7) is 0. The Morgan fingerprint density at radius 2 is 2.19 bits per heavy atom. The molecule has 0 atom stereocenters. The van der Waals surface area contributed by atoms with E-state index in [0.29, 0.717) is 10.8 Å². The molecule has 16 heavy (non-hydrogen) atoms. The third kappa shape index (κ3) is 2.20. The van der Waals surface area contributed by atoms with E-state index in [-0.39, 0.29) is 5.91 Å². The second kappa shape index (κ2) is 4.32. The third-order valence-corrected chi connectivity index (χ3v) is 2.33. The van der Waals surface area contributed by atoms with E-state index in [9.17, 15) is 4.79 Å². The molecule has 0 bridgehead atoms. The SMILES string of the molecule is COc1cccc(/C=C2\NC(=S)NC2=O)c1. The minimum atomic E-state index is -0.215. The molecule has 1 aliphatic heterocycles. The number of hydrogen-bond acceptors (Lipinski definition) is 3. The minimum absolute atomic E-state index is 0.215. The number of nitrogens with one attached hydrogen (secondary N) is 2. The molecule has 0 aromatic heterocycles. The molecule has 1 aliphatic rings. The fourth-order valence-electron chi connectivity index (χ4n) is 1.38. The Labute approximate surface area is 98.3 Å². The summed E-state index contributed by atoms with van der Waals surface area (Å²) < 4.78 is 5.09. The fraction of sp³-hybridized carbons (Fsp3) is 0.0909. The fourth-order valence-corrected chi connectivity index (χ4v) is 1.58. The summed E-state index contributed by atoms with van der Waals surface area (Å²) in [5.74, 6) is 0.531. The van der Waals surface area contributed by atoms with Crippen molar-refractivity contribution in [3.8, 4) is 5.75 Å². The van der Waals surface area contributed by atoms with Crippen LogP contribution in [0.3, 0.4) is 0 Å². The maximum absolute atomic E-state index is 11.4. The number of ether oxygens (including phenoxy) is 1. The molecule has 1 aromatic carbocycles. The van der Waals surface area contributed by atoms with Gasteiger partial charge >= 0.3 is 0 Å². The molecule has 0 aliphatic carbocycles. The first-order valence-electron chi connectivity index (χ1n) is 4.67. The maximum Gasteiger partial charge on any atom is 0.273 e. The normalized spacial score (nSPS) is 17.2. The summed E-state index contributed by atoms with van der Waals surface area (Å²) in [4.78, 5) is 11.4. The van der Waals surface area contributed by atoms with Crippen LogP contribution in [0.1, 0.15) is 5.56 Å². The Kier molecular flexibility index (Phi) is 2.87. The molecule has 1 fully saturated rings. The van der Waals surface area contributed by atoms with Gasteiger partial charge in [0.25, 0.3) is 5.91 Å². The van der Waals surface area contributed by atoms with Gasteiger partial charge in [-0.2, -0.15) is 0 Å². The molecule has 1 heterocycles. The van der Waals surface area contributed by atoms with Crippen molar-refractivity contribution >= 4 is 29.3 Å². The lowest BCUT2D eigenvalue weighted by molar-refractivity contribution is -0.115. The lowest BCUT2D eigenvalue weighted by atomic mass is 10.2. The van der Waals surface area contributed by atoms with Gasteiger partial charge in [-0.25, -0.2) is 0 Å². The molecule has 0 spiro atoms. The quantitative estimate of drug-likeness (QED) is 0.593. The van der Waals surface area contributed by atoms with Crippen molar-refractivity contribution < 1.29 is 9.53 Å². The summed E-state index contributed by atoms with van der Waals surface area (Å²) in [5, 5.41) is 5.61. The summed E-state index contributed by atoms with van der Waals surface area (Å²) >= 11 is 4.83. The first kappa shape index (κ1) is 10.6. The van der Waals surface area contributed by atoms with E-state index >= 15 is 0 Å². The number of carbonyl (C=O) groups excluding carboxylic acids is 1. The largest absolute Gasteiger partial charge is 0.497 e. The van der Waals surface area contributed by atoms with Crippen molar-refractivity contribution in [1.82, 2.24) is 10.6 Å². The Hall–Kier alpha value is -1.88. The Morgan fingerprint density at radius 3 is 2.81 bits per heavy atom. The van der Waals surface area contributed by atoms with Gasteiger partial charge in [-0.1, -0.05) is 12.1 Å². The highest BCUT2D eigenvalue weighted by molar-refractivity contribution is 7.80. The number of benzene rings is 1. The average Bonchev–Trinajstić information content (AvgIpc) is 2.58. The number of methoxy groups -OCH3 is 1. The molecule has 0 unspecified atom stereocenters. The zero-order chi connectivity index (χ0) is 11.5. The van der Waals surface area contributed by atoms with Crippen LogP contribution in [0.2, 0.25) is 0 Å². The van der Waals surface area contributed by atoms with Crippen LogP contribution in [-0.4, -0.2) is 18.1 Å². The van der Waals surface area contributed by atoms with E-state index in [1.54, 1.807) is 13.2 Å². The van der Waals surface area contributed by atoms with Crippen LogP contribution >= 0.6 is 12.2 Å². The topological polar surface area (TPSA) is 50.4 Å². The highest BCUT2D eigenvalue weighted by atomic mass is 32.1. The molecular formula is C11H10N2O2S. The maximum atomic E-state index is 11.4. The minimum Gasteiger partial charge on any atom is -0.497 e. The zero-order valence-corrected chi connectivity index (χ0v) is 9.43. The number of hydrogen-bond donors (Lipinski definition) is 2. The molecule has 0 radical (unpaired) electrons. The van der Waals surface area contributed by atoms with E-state index in [4.69, 9.17) is 17.0 Å². The van der Waals surface area contributed by atoms with Gasteiger partial charge < -0.3 is 10.1 Å². The van der Waals surface area contributed by atoms with Crippen LogP contribution in [0.15, 0.2) is 30.0 Å². The van der Waals surface area contributed by atoms with Gasteiger partial charge in [0.2, 0.25) is 0 Å². The smallest absolute Gasteiger partial charge is 0.273 e. The number of amides is 1. The molecule has 5 heteroatoms. The van der Waals surface area contributed by atoms with Crippen molar-refractivity contribution in [3.05, 3.63) is 35.5 Å². The van der Waals surface area contributed by atoms with Crippen molar-refractivity contribution in [2.75, 3.05) is 7.11 Å². The van der Waals surface area contributed by atoms with E-state index < -0.39 is 0 Å². The van der Waals surface area contributed by atoms with Crippen molar-refractivity contribution in [3.63, 3.8) is 0 Å². The molecule has 0 saturated carbocycles. The predicted molar refractivity (Wildman–Crippen MR) is 64.8 cm³/mol. The second-order valence-electron chi connectivity index (χ2n) is 3.24. The van der Waals surface area contributed by atoms with Crippen LogP contribution in [0, 0.1) is 0 Å². The number of thiocarbonyl (C=S) groups is 1. The Morgan fingerprint density at radius 1 is 1.38 bits per heavy atom. The Bertz CT molecular complexity index is 483. The van der Waals surface area contributed by atoms with E-state index in [0.717, 1.165) is 11.3 Å². The number of carbonyl (C=O) groups is 1. The highest BCUT2D eigenvalue weighted by Gasteiger charge is 2.19. The van der Waals surface area contributed by atoms with Gasteiger partial charge in [0, 0.05) is 0 Å². The summed E-state index contributed by atoms with van der Waals surface area (Å²) in [6.07, 6.45) is 1.72. The van der Waals surface area contributed by atoms with Crippen molar-refractivity contribution in [1.29, 1.82) is 0 Å². The van der Waals surface area contributed by atoms with Gasteiger partial charge in [-0.05, 0) is 36.0 Å². The van der Waals surface area contributed by atoms with Crippen molar-refractivity contribution in [2.45, 2.75) is 0 Å². The van der Waals surface area contributed by atoms with Gasteiger partial charge in [0.15, 0.2) is 5.11 Å². The summed E-state index contributed by atoms with van der Waals surface area (Å²) in [6, 6.07) is 7.42. The molecular weight excluding hydrogens is 224 g/mol. The molecule has 82 valence electrons. The summed E-state index contributed by atoms with van der Waals surface area (Å²) in [5.41, 5.74) is 1.32. The van der Waals surface area contributed by atoms with Gasteiger partial charge in [0.1, 0.15) is 11.4 Å². The van der Waals surface area contributed by atoms with E-state index in [2.05, 4.69) is 10.6 Å². The van der Waals surface area contributed by atoms with Crippen LogP contribution < -0.4 is 15.4 Å². The highest BCUT2D eigenvalue weighted by Crippen LogP contribution is 2.15. The average molecular weight is 234 g/mol. The van der Waals surface area contributed by atoms with Gasteiger partial charge in [-0.15, -0.1) is 0 Å². The van der Waals surface area contributed by atoms with Crippen LogP contribution in [0.5, 0.6) is 5.75 Å².